The number of nitrogens with two attached hydrogens (primary N) is 1. The predicted molar refractivity (Wildman–Crippen MR) is 81.0 cm³/mol. The van der Waals surface area contributed by atoms with Gasteiger partial charge in [-0.15, -0.1) is 11.8 Å². The quantitative estimate of drug-likeness (QED) is 0.843. The standard InChI is InChI=1S/C13H15FN2OS2/c1-13(5-2-6-19-13)12(17)16-8-3-4-10(14)9(7-8)11(15)18/h3-4,7H,2,5-6H2,1H3,(H2,15,18)(H,16,17). The van der Waals surface area contributed by atoms with Crippen molar-refractivity contribution in [3.05, 3.63) is 29.6 Å². The smallest absolute Gasteiger partial charge is 0.240 e. The molecular formula is C13H15FN2OS2. The van der Waals surface area contributed by atoms with Crippen LogP contribution in [0, 0.1) is 5.82 Å². The van der Waals surface area contributed by atoms with Crippen molar-refractivity contribution in [1.29, 1.82) is 0 Å². The van der Waals surface area contributed by atoms with E-state index < -0.39 is 10.6 Å². The first kappa shape index (κ1) is 14.3. The highest BCUT2D eigenvalue weighted by molar-refractivity contribution is 8.01. The van der Waals surface area contributed by atoms with E-state index in [-0.39, 0.29) is 16.5 Å². The number of nitrogens with one attached hydrogen (secondary N) is 1. The predicted octanol–water partition coefficient (Wildman–Crippen LogP) is 2.68. The van der Waals surface area contributed by atoms with Crippen molar-refractivity contribution < 1.29 is 9.18 Å². The fraction of sp³-hybridized carbons (Fsp3) is 0.385. The number of benzene rings is 1. The number of hydrogen-bond acceptors (Lipinski definition) is 3. The summed E-state index contributed by atoms with van der Waals surface area (Å²) >= 11 is 6.42. The van der Waals surface area contributed by atoms with Crippen LogP contribution in [-0.4, -0.2) is 21.4 Å². The zero-order valence-corrected chi connectivity index (χ0v) is 12.2. The summed E-state index contributed by atoms with van der Waals surface area (Å²) in [6.45, 7) is 1.93. The SMILES string of the molecule is CC1(C(=O)Nc2ccc(F)c(C(N)=S)c2)CCCS1. The highest BCUT2D eigenvalue weighted by atomic mass is 32.2. The first-order valence-corrected chi connectivity index (χ1v) is 7.36. The molecule has 0 saturated carbocycles. The lowest BCUT2D eigenvalue weighted by atomic mass is 10.0. The molecular weight excluding hydrogens is 283 g/mol. The lowest BCUT2D eigenvalue weighted by Gasteiger charge is -2.21. The largest absolute Gasteiger partial charge is 0.389 e. The second-order valence-electron chi connectivity index (χ2n) is 4.70. The summed E-state index contributed by atoms with van der Waals surface area (Å²) in [6, 6.07) is 4.24. The van der Waals surface area contributed by atoms with E-state index in [1.54, 1.807) is 11.8 Å². The number of amides is 1. The van der Waals surface area contributed by atoms with Gasteiger partial charge < -0.3 is 11.1 Å². The minimum atomic E-state index is -0.480. The van der Waals surface area contributed by atoms with Gasteiger partial charge in [0.05, 0.1) is 4.75 Å². The second kappa shape index (κ2) is 5.46. The molecule has 0 spiro atoms. The topological polar surface area (TPSA) is 55.1 Å². The Bertz CT molecular complexity index is 527. The molecule has 19 heavy (non-hydrogen) atoms. The summed E-state index contributed by atoms with van der Waals surface area (Å²) in [5.41, 5.74) is 6.10. The van der Waals surface area contributed by atoms with Crippen LogP contribution in [0.2, 0.25) is 0 Å². The molecule has 2 rings (SSSR count). The fourth-order valence-corrected chi connectivity index (χ4v) is 3.38. The number of carbonyl (C=O) groups excluding carboxylic acids is 1. The van der Waals surface area contributed by atoms with Crippen LogP contribution in [0.5, 0.6) is 0 Å². The summed E-state index contributed by atoms with van der Waals surface area (Å²) in [5.74, 6) is 0.452. The van der Waals surface area contributed by atoms with E-state index in [9.17, 15) is 9.18 Å². The Balaban J connectivity index is 2.17. The van der Waals surface area contributed by atoms with Crippen LogP contribution < -0.4 is 11.1 Å². The number of thiocarbonyl (C=S) groups is 1. The van der Waals surface area contributed by atoms with Gasteiger partial charge in [-0.2, -0.15) is 0 Å². The maximum absolute atomic E-state index is 13.4. The number of thioether (sulfide) groups is 1. The highest BCUT2D eigenvalue weighted by Gasteiger charge is 2.37. The van der Waals surface area contributed by atoms with E-state index in [2.05, 4.69) is 5.32 Å². The number of halogens is 1. The van der Waals surface area contributed by atoms with E-state index >= 15 is 0 Å². The van der Waals surface area contributed by atoms with Gasteiger partial charge in [-0.1, -0.05) is 12.2 Å². The van der Waals surface area contributed by atoms with Crippen molar-refractivity contribution in [3.8, 4) is 0 Å². The van der Waals surface area contributed by atoms with Gasteiger partial charge in [0.2, 0.25) is 5.91 Å². The molecule has 0 radical (unpaired) electrons. The van der Waals surface area contributed by atoms with E-state index in [4.69, 9.17) is 18.0 Å². The summed E-state index contributed by atoms with van der Waals surface area (Å²) in [5, 5.41) is 2.81. The third kappa shape index (κ3) is 3.06. The van der Waals surface area contributed by atoms with Crippen molar-refractivity contribution in [2.45, 2.75) is 24.5 Å². The molecule has 3 N–H and O–H groups in total. The molecule has 1 amide bonds. The van der Waals surface area contributed by atoms with E-state index in [1.807, 2.05) is 6.92 Å². The van der Waals surface area contributed by atoms with Crippen LogP contribution in [-0.2, 0) is 4.79 Å². The summed E-state index contributed by atoms with van der Waals surface area (Å²) in [4.78, 5) is 12.2. The summed E-state index contributed by atoms with van der Waals surface area (Å²) in [7, 11) is 0. The Morgan fingerprint density at radius 3 is 2.89 bits per heavy atom. The zero-order valence-electron chi connectivity index (χ0n) is 10.5. The third-order valence-corrected chi connectivity index (χ3v) is 4.93. The van der Waals surface area contributed by atoms with Crippen molar-refractivity contribution in [2.75, 3.05) is 11.1 Å². The molecule has 1 aromatic rings. The third-order valence-electron chi connectivity index (χ3n) is 3.19. The van der Waals surface area contributed by atoms with Crippen molar-refractivity contribution in [2.24, 2.45) is 5.73 Å². The van der Waals surface area contributed by atoms with Crippen LogP contribution in [0.3, 0.4) is 0 Å². The molecule has 1 aliphatic heterocycles. The maximum atomic E-state index is 13.4. The molecule has 1 unspecified atom stereocenters. The minimum Gasteiger partial charge on any atom is -0.389 e. The Hall–Kier alpha value is -1.14. The summed E-state index contributed by atoms with van der Waals surface area (Å²) < 4.78 is 13.0. The van der Waals surface area contributed by atoms with Gasteiger partial charge in [-0.3, -0.25) is 4.79 Å². The average molecular weight is 298 g/mol. The zero-order chi connectivity index (χ0) is 14.0. The van der Waals surface area contributed by atoms with Crippen molar-refractivity contribution in [1.82, 2.24) is 0 Å². The minimum absolute atomic E-state index is 0.0185. The van der Waals surface area contributed by atoms with Crippen molar-refractivity contribution in [3.63, 3.8) is 0 Å². The maximum Gasteiger partial charge on any atom is 0.240 e. The molecule has 102 valence electrons. The highest BCUT2D eigenvalue weighted by Crippen LogP contribution is 2.38. The van der Waals surface area contributed by atoms with Crippen LogP contribution in [0.4, 0.5) is 10.1 Å². The lowest BCUT2D eigenvalue weighted by molar-refractivity contribution is -0.118. The van der Waals surface area contributed by atoms with E-state index in [0.717, 1.165) is 18.6 Å². The first-order chi connectivity index (χ1) is 8.92. The molecule has 1 fully saturated rings. The van der Waals surface area contributed by atoms with Gasteiger partial charge in [-0.05, 0) is 43.7 Å². The fourth-order valence-electron chi connectivity index (χ4n) is 2.01. The molecule has 6 heteroatoms. The normalized spacial score (nSPS) is 22.2. The van der Waals surface area contributed by atoms with Gasteiger partial charge in [0.1, 0.15) is 10.8 Å². The lowest BCUT2D eigenvalue weighted by Crippen LogP contribution is -2.34. The van der Waals surface area contributed by atoms with Gasteiger partial charge in [0, 0.05) is 11.3 Å². The Kier molecular flexibility index (Phi) is 4.10. The Morgan fingerprint density at radius 1 is 1.58 bits per heavy atom. The van der Waals surface area contributed by atoms with E-state index in [0.29, 0.717) is 5.69 Å². The molecule has 1 atom stereocenters. The van der Waals surface area contributed by atoms with Crippen LogP contribution >= 0.6 is 24.0 Å². The Morgan fingerprint density at radius 2 is 2.32 bits per heavy atom. The van der Waals surface area contributed by atoms with Gasteiger partial charge in [-0.25, -0.2) is 4.39 Å². The number of carbonyl (C=O) groups is 1. The van der Waals surface area contributed by atoms with Gasteiger partial charge in [0.25, 0.3) is 0 Å². The molecule has 1 aromatic carbocycles. The molecule has 0 bridgehead atoms. The monoisotopic (exact) mass is 298 g/mol. The molecule has 3 nitrogen and oxygen atoms in total. The van der Waals surface area contributed by atoms with Crippen LogP contribution in [0.25, 0.3) is 0 Å². The second-order valence-corrected chi connectivity index (χ2v) is 6.73. The average Bonchev–Trinajstić information content (AvgIpc) is 2.79. The number of hydrogen-bond donors (Lipinski definition) is 2. The van der Waals surface area contributed by atoms with Crippen LogP contribution in [0.15, 0.2) is 18.2 Å². The molecule has 0 aliphatic carbocycles. The molecule has 1 heterocycles. The van der Waals surface area contributed by atoms with Crippen LogP contribution in [0.1, 0.15) is 25.3 Å². The van der Waals surface area contributed by atoms with Crippen molar-refractivity contribution >= 4 is 40.6 Å². The molecule has 0 aromatic heterocycles. The number of anilines is 1. The molecule has 1 aliphatic rings. The molecule has 1 saturated heterocycles. The summed E-state index contributed by atoms with van der Waals surface area (Å²) in [6.07, 6.45) is 1.89. The number of rotatable bonds is 3. The Labute approximate surface area is 121 Å². The van der Waals surface area contributed by atoms with Gasteiger partial charge in [0.15, 0.2) is 0 Å². The first-order valence-electron chi connectivity index (χ1n) is 5.97. The van der Waals surface area contributed by atoms with E-state index in [1.165, 1.54) is 18.2 Å². The van der Waals surface area contributed by atoms with Gasteiger partial charge >= 0.3 is 0 Å².